The molecular formula is C16H18N2O3. The van der Waals surface area contributed by atoms with Crippen LogP contribution in [0.5, 0.6) is 11.5 Å². The molecule has 0 unspecified atom stereocenters. The Labute approximate surface area is 123 Å². The van der Waals surface area contributed by atoms with E-state index < -0.39 is 0 Å². The van der Waals surface area contributed by atoms with Gasteiger partial charge in [-0.2, -0.15) is 0 Å². The SMILES string of the molecule is Cc1c(O)cccc1C(=O)Nc1ccccc1OCCN. The standard InChI is InChI=1S/C16H18N2O3/c1-11-12(5-4-7-14(11)19)16(20)18-13-6-2-3-8-15(13)21-10-9-17/h2-8,19H,9-10,17H2,1H3,(H,18,20). The van der Waals surface area contributed by atoms with Crippen LogP contribution in [0.4, 0.5) is 5.69 Å². The van der Waals surface area contributed by atoms with Crippen LogP contribution in [0.25, 0.3) is 0 Å². The molecule has 0 heterocycles. The summed E-state index contributed by atoms with van der Waals surface area (Å²) in [5.41, 5.74) is 6.94. The van der Waals surface area contributed by atoms with Gasteiger partial charge in [-0.25, -0.2) is 0 Å². The number of para-hydroxylation sites is 2. The van der Waals surface area contributed by atoms with Crippen LogP contribution in [-0.4, -0.2) is 24.2 Å². The molecule has 2 aromatic carbocycles. The van der Waals surface area contributed by atoms with Crippen molar-refractivity contribution < 1.29 is 14.6 Å². The van der Waals surface area contributed by atoms with Crippen molar-refractivity contribution in [2.75, 3.05) is 18.5 Å². The van der Waals surface area contributed by atoms with Gasteiger partial charge in [0.2, 0.25) is 0 Å². The Balaban J connectivity index is 2.22. The van der Waals surface area contributed by atoms with Crippen molar-refractivity contribution in [3.05, 3.63) is 53.6 Å². The highest BCUT2D eigenvalue weighted by molar-refractivity contribution is 6.06. The van der Waals surface area contributed by atoms with Crippen LogP contribution in [-0.2, 0) is 0 Å². The van der Waals surface area contributed by atoms with Gasteiger partial charge in [-0.05, 0) is 31.2 Å². The first-order valence-corrected chi connectivity index (χ1v) is 6.65. The lowest BCUT2D eigenvalue weighted by molar-refractivity contribution is 0.102. The van der Waals surface area contributed by atoms with Gasteiger partial charge in [-0.1, -0.05) is 18.2 Å². The zero-order chi connectivity index (χ0) is 15.2. The molecule has 4 N–H and O–H groups in total. The summed E-state index contributed by atoms with van der Waals surface area (Å²) in [6.07, 6.45) is 0. The van der Waals surface area contributed by atoms with Gasteiger partial charge in [-0.3, -0.25) is 4.79 Å². The minimum atomic E-state index is -0.299. The topological polar surface area (TPSA) is 84.6 Å². The largest absolute Gasteiger partial charge is 0.508 e. The van der Waals surface area contributed by atoms with Gasteiger partial charge >= 0.3 is 0 Å². The van der Waals surface area contributed by atoms with Gasteiger partial charge in [-0.15, -0.1) is 0 Å². The lowest BCUT2D eigenvalue weighted by atomic mass is 10.1. The number of amides is 1. The Kier molecular flexibility index (Phi) is 4.79. The molecule has 0 radical (unpaired) electrons. The Morgan fingerprint density at radius 1 is 1.24 bits per heavy atom. The lowest BCUT2D eigenvalue weighted by Gasteiger charge is -2.13. The number of benzene rings is 2. The van der Waals surface area contributed by atoms with Gasteiger partial charge in [0.15, 0.2) is 0 Å². The molecule has 5 nitrogen and oxygen atoms in total. The van der Waals surface area contributed by atoms with Crippen LogP contribution in [0, 0.1) is 6.92 Å². The van der Waals surface area contributed by atoms with E-state index in [9.17, 15) is 9.90 Å². The second-order valence-corrected chi connectivity index (χ2v) is 4.54. The highest BCUT2D eigenvalue weighted by Crippen LogP contribution is 2.26. The monoisotopic (exact) mass is 286 g/mol. The summed E-state index contributed by atoms with van der Waals surface area (Å²) in [6.45, 7) is 2.47. The zero-order valence-electron chi connectivity index (χ0n) is 11.8. The molecule has 0 aromatic heterocycles. The van der Waals surface area contributed by atoms with Gasteiger partial charge in [0.05, 0.1) is 5.69 Å². The Morgan fingerprint density at radius 3 is 2.76 bits per heavy atom. The third-order valence-electron chi connectivity index (χ3n) is 3.06. The van der Waals surface area contributed by atoms with Crippen molar-refractivity contribution in [1.29, 1.82) is 0 Å². The molecule has 5 heteroatoms. The number of carbonyl (C=O) groups is 1. The number of aromatic hydroxyl groups is 1. The van der Waals surface area contributed by atoms with Crippen LogP contribution in [0.15, 0.2) is 42.5 Å². The molecule has 0 aliphatic heterocycles. The highest BCUT2D eigenvalue weighted by atomic mass is 16.5. The number of hydrogen-bond acceptors (Lipinski definition) is 4. The number of phenolic OH excluding ortho intramolecular Hbond substituents is 1. The maximum Gasteiger partial charge on any atom is 0.256 e. The molecule has 2 aromatic rings. The summed E-state index contributed by atoms with van der Waals surface area (Å²) in [5.74, 6) is 0.358. The molecule has 0 fully saturated rings. The molecule has 110 valence electrons. The van der Waals surface area contributed by atoms with Crippen molar-refractivity contribution in [3.8, 4) is 11.5 Å². The second-order valence-electron chi connectivity index (χ2n) is 4.54. The molecule has 0 spiro atoms. The van der Waals surface area contributed by atoms with Gasteiger partial charge in [0.25, 0.3) is 5.91 Å². The molecular weight excluding hydrogens is 268 g/mol. The number of phenols is 1. The third kappa shape index (κ3) is 3.52. The number of hydrogen-bond donors (Lipinski definition) is 3. The van der Waals surface area contributed by atoms with E-state index >= 15 is 0 Å². The van der Waals surface area contributed by atoms with Crippen molar-refractivity contribution >= 4 is 11.6 Å². The highest BCUT2D eigenvalue weighted by Gasteiger charge is 2.13. The number of ether oxygens (including phenoxy) is 1. The van der Waals surface area contributed by atoms with Gasteiger partial charge in [0.1, 0.15) is 18.1 Å². The smallest absolute Gasteiger partial charge is 0.256 e. The Bertz CT molecular complexity index is 641. The van der Waals surface area contributed by atoms with Crippen molar-refractivity contribution in [1.82, 2.24) is 0 Å². The Morgan fingerprint density at radius 2 is 2.00 bits per heavy atom. The summed E-state index contributed by atoms with van der Waals surface area (Å²) < 4.78 is 5.49. The molecule has 2 rings (SSSR count). The molecule has 0 aliphatic carbocycles. The fraction of sp³-hybridized carbons (Fsp3) is 0.188. The Hall–Kier alpha value is -2.53. The summed E-state index contributed by atoms with van der Waals surface area (Å²) in [6, 6.07) is 12.0. The summed E-state index contributed by atoms with van der Waals surface area (Å²) in [5, 5.41) is 12.5. The fourth-order valence-electron chi connectivity index (χ4n) is 1.92. The van der Waals surface area contributed by atoms with Gasteiger partial charge < -0.3 is 20.9 Å². The van der Waals surface area contributed by atoms with Crippen LogP contribution in [0.3, 0.4) is 0 Å². The molecule has 0 saturated carbocycles. The summed E-state index contributed by atoms with van der Waals surface area (Å²) >= 11 is 0. The fourth-order valence-corrected chi connectivity index (χ4v) is 1.92. The quantitative estimate of drug-likeness (QED) is 0.787. The maximum absolute atomic E-state index is 12.3. The maximum atomic E-state index is 12.3. The minimum absolute atomic E-state index is 0.0929. The van der Waals surface area contributed by atoms with E-state index in [0.29, 0.717) is 35.7 Å². The molecule has 1 amide bonds. The number of nitrogens with two attached hydrogens (primary N) is 1. The average molecular weight is 286 g/mol. The first-order chi connectivity index (χ1) is 10.1. The molecule has 0 bridgehead atoms. The van der Waals surface area contributed by atoms with E-state index in [1.165, 1.54) is 0 Å². The van der Waals surface area contributed by atoms with Crippen molar-refractivity contribution in [2.45, 2.75) is 6.92 Å². The van der Waals surface area contributed by atoms with Crippen LogP contribution in [0.1, 0.15) is 15.9 Å². The molecule has 0 atom stereocenters. The normalized spacial score (nSPS) is 10.2. The van der Waals surface area contributed by atoms with E-state index in [2.05, 4.69) is 5.32 Å². The van der Waals surface area contributed by atoms with E-state index in [1.807, 2.05) is 6.07 Å². The summed E-state index contributed by atoms with van der Waals surface area (Å²) in [7, 11) is 0. The number of rotatable bonds is 5. The van der Waals surface area contributed by atoms with E-state index in [-0.39, 0.29) is 11.7 Å². The number of nitrogens with one attached hydrogen (secondary N) is 1. The number of carbonyl (C=O) groups excluding carboxylic acids is 1. The minimum Gasteiger partial charge on any atom is -0.508 e. The first-order valence-electron chi connectivity index (χ1n) is 6.65. The third-order valence-corrected chi connectivity index (χ3v) is 3.06. The van der Waals surface area contributed by atoms with Crippen LogP contribution >= 0.6 is 0 Å². The predicted molar refractivity (Wildman–Crippen MR) is 81.8 cm³/mol. The second kappa shape index (κ2) is 6.76. The van der Waals surface area contributed by atoms with E-state index in [4.69, 9.17) is 10.5 Å². The zero-order valence-corrected chi connectivity index (χ0v) is 11.8. The van der Waals surface area contributed by atoms with E-state index in [0.717, 1.165) is 0 Å². The predicted octanol–water partition coefficient (Wildman–Crippen LogP) is 2.29. The molecule has 0 aliphatic rings. The van der Waals surface area contributed by atoms with Crippen molar-refractivity contribution in [2.24, 2.45) is 5.73 Å². The van der Waals surface area contributed by atoms with Crippen LogP contribution in [0.2, 0.25) is 0 Å². The first kappa shape index (κ1) is 14.9. The van der Waals surface area contributed by atoms with Crippen LogP contribution < -0.4 is 15.8 Å². The average Bonchev–Trinajstić information content (AvgIpc) is 2.49. The molecule has 21 heavy (non-hydrogen) atoms. The summed E-state index contributed by atoms with van der Waals surface area (Å²) in [4.78, 5) is 12.3. The van der Waals surface area contributed by atoms with E-state index in [1.54, 1.807) is 43.3 Å². The number of anilines is 1. The van der Waals surface area contributed by atoms with Crippen molar-refractivity contribution in [3.63, 3.8) is 0 Å². The lowest BCUT2D eigenvalue weighted by Crippen LogP contribution is -2.16. The van der Waals surface area contributed by atoms with Gasteiger partial charge in [0, 0.05) is 17.7 Å². The molecule has 0 saturated heterocycles.